The lowest BCUT2D eigenvalue weighted by Crippen LogP contribution is -2.20. The number of carbonyl (C=O) groups excluding carboxylic acids is 1. The summed E-state index contributed by atoms with van der Waals surface area (Å²) in [6, 6.07) is 11.7. The summed E-state index contributed by atoms with van der Waals surface area (Å²) in [6.07, 6.45) is 2.42. The van der Waals surface area contributed by atoms with Crippen molar-refractivity contribution in [2.24, 2.45) is 0 Å². The van der Waals surface area contributed by atoms with Crippen LogP contribution in [0.25, 0.3) is 0 Å². The Hall–Kier alpha value is -1.68. The molecule has 2 rings (SSSR count). The zero-order valence-corrected chi connectivity index (χ0v) is 13.1. The number of aryl methyl sites for hydroxylation is 1. The van der Waals surface area contributed by atoms with E-state index in [9.17, 15) is 4.79 Å². The summed E-state index contributed by atoms with van der Waals surface area (Å²) in [6.45, 7) is 3.96. The number of amides is 1. The Kier molecular flexibility index (Phi) is 4.90. The number of nitrogens with zero attached hydrogens (tertiary/aromatic N) is 1. The van der Waals surface area contributed by atoms with Gasteiger partial charge in [0.15, 0.2) is 0 Å². The monoisotopic (exact) mass is 332 g/mol. The van der Waals surface area contributed by atoms with E-state index in [1.165, 1.54) is 0 Å². The normalized spacial score (nSPS) is 11.9. The summed E-state index contributed by atoms with van der Waals surface area (Å²) in [5.74, 6) is -0.137. The number of anilines is 1. The molecule has 3 nitrogen and oxygen atoms in total. The molecular formula is C16H17BrN2O. The third-order valence-electron chi connectivity index (χ3n) is 3.21. The minimum absolute atomic E-state index is 0.00206. The van der Waals surface area contributed by atoms with Gasteiger partial charge in [-0.25, -0.2) is 4.98 Å². The smallest absolute Gasteiger partial charge is 0.231 e. The lowest BCUT2D eigenvalue weighted by atomic mass is 9.95. The van der Waals surface area contributed by atoms with Crippen LogP contribution in [0.4, 0.5) is 5.69 Å². The maximum atomic E-state index is 12.4. The number of nitrogens with one attached hydrogen (secondary N) is 1. The average Bonchev–Trinajstić information content (AvgIpc) is 2.45. The number of halogens is 1. The van der Waals surface area contributed by atoms with Crippen LogP contribution in [0.5, 0.6) is 0 Å². The molecule has 2 aromatic rings. The highest BCUT2D eigenvalue weighted by Crippen LogP contribution is 2.22. The van der Waals surface area contributed by atoms with Crippen molar-refractivity contribution in [1.82, 2.24) is 4.98 Å². The molecule has 0 aliphatic heterocycles. The van der Waals surface area contributed by atoms with Crippen LogP contribution in [0.1, 0.15) is 30.4 Å². The molecular weight excluding hydrogens is 316 g/mol. The van der Waals surface area contributed by atoms with Crippen molar-refractivity contribution in [3.8, 4) is 0 Å². The Bertz CT molecular complexity index is 599. The molecule has 0 aliphatic carbocycles. The molecule has 0 aliphatic rings. The number of hydrogen-bond acceptors (Lipinski definition) is 2. The van der Waals surface area contributed by atoms with Gasteiger partial charge >= 0.3 is 0 Å². The lowest BCUT2D eigenvalue weighted by Gasteiger charge is -2.15. The number of benzene rings is 1. The van der Waals surface area contributed by atoms with Gasteiger partial charge in [-0.1, -0.05) is 37.3 Å². The summed E-state index contributed by atoms with van der Waals surface area (Å²) in [5, 5.41) is 2.94. The fraction of sp³-hybridized carbons (Fsp3) is 0.250. The van der Waals surface area contributed by atoms with Crippen LogP contribution in [-0.2, 0) is 4.79 Å². The Balaban J connectivity index is 2.15. The molecule has 1 unspecified atom stereocenters. The zero-order chi connectivity index (χ0) is 14.5. The molecule has 0 bridgehead atoms. The Morgan fingerprint density at radius 2 is 2.05 bits per heavy atom. The van der Waals surface area contributed by atoms with Gasteiger partial charge in [0.1, 0.15) is 4.60 Å². The van der Waals surface area contributed by atoms with Crippen molar-refractivity contribution in [2.45, 2.75) is 26.2 Å². The Labute approximate surface area is 127 Å². The van der Waals surface area contributed by atoms with Gasteiger partial charge in [0.05, 0.1) is 17.8 Å². The summed E-state index contributed by atoms with van der Waals surface area (Å²) >= 11 is 3.35. The summed E-state index contributed by atoms with van der Waals surface area (Å²) < 4.78 is 0.797. The molecule has 0 radical (unpaired) electrons. The van der Waals surface area contributed by atoms with Crippen molar-refractivity contribution in [2.75, 3.05) is 5.32 Å². The number of pyridine rings is 1. The molecule has 0 saturated carbocycles. The third-order valence-corrected chi connectivity index (χ3v) is 4.04. The predicted octanol–water partition coefficient (Wildman–Crippen LogP) is 4.28. The quantitative estimate of drug-likeness (QED) is 0.849. The maximum Gasteiger partial charge on any atom is 0.231 e. The maximum absolute atomic E-state index is 12.4. The lowest BCUT2D eigenvalue weighted by molar-refractivity contribution is -0.117. The van der Waals surface area contributed by atoms with E-state index in [0.717, 1.165) is 27.8 Å². The number of rotatable bonds is 4. The van der Waals surface area contributed by atoms with Crippen molar-refractivity contribution in [1.29, 1.82) is 0 Å². The molecule has 1 atom stereocenters. The minimum Gasteiger partial charge on any atom is -0.324 e. The standard InChI is InChI=1S/C16H17BrN2O/c1-3-14(12-7-5-4-6-8-12)16(20)19-13-9-11(2)15(17)18-10-13/h4-10,14H,3H2,1-2H3,(H,19,20). The highest BCUT2D eigenvalue weighted by Gasteiger charge is 2.18. The van der Waals surface area contributed by atoms with Crippen LogP contribution in [0.15, 0.2) is 47.2 Å². The molecule has 1 heterocycles. The first-order valence-electron chi connectivity index (χ1n) is 6.59. The second kappa shape index (κ2) is 6.66. The van der Waals surface area contributed by atoms with Gasteiger partial charge in [-0.05, 0) is 46.5 Å². The van der Waals surface area contributed by atoms with E-state index in [0.29, 0.717) is 0 Å². The number of aromatic nitrogens is 1. The van der Waals surface area contributed by atoms with E-state index in [4.69, 9.17) is 0 Å². The summed E-state index contributed by atoms with van der Waals surface area (Å²) in [4.78, 5) is 16.6. The van der Waals surface area contributed by atoms with Crippen LogP contribution in [0.3, 0.4) is 0 Å². The molecule has 1 N–H and O–H groups in total. The number of carbonyl (C=O) groups is 1. The third kappa shape index (κ3) is 3.45. The van der Waals surface area contributed by atoms with Crippen LogP contribution in [0.2, 0.25) is 0 Å². The molecule has 20 heavy (non-hydrogen) atoms. The fourth-order valence-electron chi connectivity index (χ4n) is 2.11. The molecule has 0 fully saturated rings. The molecule has 104 valence electrons. The molecule has 0 spiro atoms. The molecule has 1 aromatic heterocycles. The van der Waals surface area contributed by atoms with Crippen LogP contribution in [0, 0.1) is 6.92 Å². The topological polar surface area (TPSA) is 42.0 Å². The van der Waals surface area contributed by atoms with Crippen molar-refractivity contribution in [3.63, 3.8) is 0 Å². The molecule has 1 aromatic carbocycles. The van der Waals surface area contributed by atoms with Gasteiger partial charge in [0, 0.05) is 0 Å². The fourth-order valence-corrected chi connectivity index (χ4v) is 2.33. The van der Waals surface area contributed by atoms with Crippen LogP contribution in [-0.4, -0.2) is 10.9 Å². The van der Waals surface area contributed by atoms with Gasteiger partial charge in [-0.3, -0.25) is 4.79 Å². The predicted molar refractivity (Wildman–Crippen MR) is 84.8 cm³/mol. The first kappa shape index (κ1) is 14.7. The SMILES string of the molecule is CCC(C(=O)Nc1cnc(Br)c(C)c1)c1ccccc1. The second-order valence-electron chi connectivity index (χ2n) is 4.69. The van der Waals surface area contributed by atoms with Gasteiger partial charge in [0.2, 0.25) is 5.91 Å². The van der Waals surface area contributed by atoms with Crippen LogP contribution >= 0.6 is 15.9 Å². The van der Waals surface area contributed by atoms with Gasteiger partial charge in [-0.2, -0.15) is 0 Å². The largest absolute Gasteiger partial charge is 0.324 e. The van der Waals surface area contributed by atoms with E-state index in [1.54, 1.807) is 6.20 Å². The van der Waals surface area contributed by atoms with Crippen molar-refractivity contribution in [3.05, 3.63) is 58.3 Å². The highest BCUT2D eigenvalue weighted by atomic mass is 79.9. The molecule has 4 heteroatoms. The first-order chi connectivity index (χ1) is 9.61. The molecule has 0 saturated heterocycles. The van der Waals surface area contributed by atoms with E-state index in [2.05, 4.69) is 26.2 Å². The van der Waals surface area contributed by atoms with Crippen LogP contribution < -0.4 is 5.32 Å². The van der Waals surface area contributed by atoms with Gasteiger partial charge in [0.25, 0.3) is 0 Å². The van der Waals surface area contributed by atoms with E-state index in [1.807, 2.05) is 50.2 Å². The van der Waals surface area contributed by atoms with Gasteiger partial charge in [-0.15, -0.1) is 0 Å². The second-order valence-corrected chi connectivity index (χ2v) is 5.44. The molecule has 1 amide bonds. The highest BCUT2D eigenvalue weighted by molar-refractivity contribution is 9.10. The Morgan fingerprint density at radius 3 is 2.65 bits per heavy atom. The minimum atomic E-state index is -0.139. The average molecular weight is 333 g/mol. The van der Waals surface area contributed by atoms with E-state index >= 15 is 0 Å². The van der Waals surface area contributed by atoms with E-state index < -0.39 is 0 Å². The Morgan fingerprint density at radius 1 is 1.35 bits per heavy atom. The zero-order valence-electron chi connectivity index (χ0n) is 11.6. The van der Waals surface area contributed by atoms with E-state index in [-0.39, 0.29) is 11.8 Å². The number of hydrogen-bond donors (Lipinski definition) is 1. The summed E-state index contributed by atoms with van der Waals surface area (Å²) in [5.41, 5.74) is 2.76. The van der Waals surface area contributed by atoms with Gasteiger partial charge < -0.3 is 5.32 Å². The first-order valence-corrected chi connectivity index (χ1v) is 7.39. The summed E-state index contributed by atoms with van der Waals surface area (Å²) in [7, 11) is 0. The van der Waals surface area contributed by atoms with Crippen molar-refractivity contribution >= 4 is 27.5 Å². The van der Waals surface area contributed by atoms with Crippen molar-refractivity contribution < 1.29 is 4.79 Å².